The molecule has 7 nitrogen and oxygen atoms in total. The summed E-state index contributed by atoms with van der Waals surface area (Å²) in [7, 11) is 0. The van der Waals surface area contributed by atoms with Gasteiger partial charge in [-0.2, -0.15) is 0 Å². The molecule has 1 aromatic carbocycles. The second-order valence-electron chi connectivity index (χ2n) is 7.43. The summed E-state index contributed by atoms with van der Waals surface area (Å²) in [5.74, 6) is -1.19. The molecule has 0 saturated heterocycles. The minimum absolute atomic E-state index is 0.218. The number of anilines is 1. The molecule has 0 fully saturated rings. The highest BCUT2D eigenvalue weighted by Crippen LogP contribution is 2.41. The van der Waals surface area contributed by atoms with E-state index in [0.717, 1.165) is 35.9 Å². The molecule has 0 unspecified atom stereocenters. The van der Waals surface area contributed by atoms with E-state index in [1.165, 1.54) is 0 Å². The van der Waals surface area contributed by atoms with Crippen molar-refractivity contribution in [3.63, 3.8) is 0 Å². The summed E-state index contributed by atoms with van der Waals surface area (Å²) in [6.45, 7) is 4.61. The van der Waals surface area contributed by atoms with Gasteiger partial charge in [0.15, 0.2) is 5.92 Å². The third-order valence-corrected chi connectivity index (χ3v) is 5.50. The number of rotatable bonds is 7. The fourth-order valence-corrected chi connectivity index (χ4v) is 4.13. The van der Waals surface area contributed by atoms with Gasteiger partial charge < -0.3 is 9.30 Å². The Morgan fingerprint density at radius 1 is 1.13 bits per heavy atom. The number of aromatic nitrogens is 3. The summed E-state index contributed by atoms with van der Waals surface area (Å²) in [4.78, 5) is 37.3. The predicted octanol–water partition coefficient (Wildman–Crippen LogP) is 3.74. The summed E-state index contributed by atoms with van der Waals surface area (Å²) >= 11 is 0. The Morgan fingerprint density at radius 3 is 2.70 bits per heavy atom. The first kappa shape index (κ1) is 20.1. The van der Waals surface area contributed by atoms with E-state index in [1.54, 1.807) is 24.2 Å². The molecule has 7 heteroatoms. The van der Waals surface area contributed by atoms with Crippen LogP contribution in [0.3, 0.4) is 0 Å². The fourth-order valence-electron chi connectivity index (χ4n) is 4.13. The molecule has 2 atom stereocenters. The van der Waals surface area contributed by atoms with Crippen LogP contribution in [-0.4, -0.2) is 39.6 Å². The van der Waals surface area contributed by atoms with Crippen molar-refractivity contribution in [1.29, 1.82) is 0 Å². The number of ether oxygens (including phenoxy) is 1. The van der Waals surface area contributed by atoms with Gasteiger partial charge in [-0.05, 0) is 37.1 Å². The van der Waals surface area contributed by atoms with E-state index in [1.807, 2.05) is 41.0 Å². The Hall–Kier alpha value is -3.22. The van der Waals surface area contributed by atoms with Crippen molar-refractivity contribution < 1.29 is 14.3 Å². The van der Waals surface area contributed by atoms with E-state index in [9.17, 15) is 9.59 Å². The van der Waals surface area contributed by atoms with E-state index in [-0.39, 0.29) is 12.5 Å². The molecule has 1 amide bonds. The first-order valence-corrected chi connectivity index (χ1v) is 10.5. The third-order valence-electron chi connectivity index (χ3n) is 5.50. The van der Waals surface area contributed by atoms with Crippen molar-refractivity contribution in [3.8, 4) is 0 Å². The zero-order valence-corrected chi connectivity index (χ0v) is 17.3. The zero-order chi connectivity index (χ0) is 21.1. The molecule has 0 saturated carbocycles. The molecule has 0 bridgehead atoms. The average molecular weight is 406 g/mol. The highest BCUT2D eigenvalue weighted by molar-refractivity contribution is 6.08. The Morgan fingerprint density at radius 2 is 1.97 bits per heavy atom. The molecule has 1 aliphatic rings. The first-order valence-electron chi connectivity index (χ1n) is 10.5. The van der Waals surface area contributed by atoms with Crippen LogP contribution in [0.15, 0.2) is 48.8 Å². The lowest BCUT2D eigenvalue weighted by Crippen LogP contribution is -2.50. The topological polar surface area (TPSA) is 77.3 Å². The zero-order valence-electron chi connectivity index (χ0n) is 17.3. The molecule has 4 rings (SSSR count). The Labute approximate surface area is 175 Å². The Balaban J connectivity index is 1.93. The van der Waals surface area contributed by atoms with Crippen molar-refractivity contribution in [1.82, 2.24) is 14.5 Å². The van der Waals surface area contributed by atoms with E-state index in [2.05, 4.69) is 11.9 Å². The van der Waals surface area contributed by atoms with Gasteiger partial charge in [-0.3, -0.25) is 19.5 Å². The van der Waals surface area contributed by atoms with Crippen molar-refractivity contribution in [2.24, 2.45) is 5.92 Å². The number of fused-ring (bicyclic) bond motifs is 3. The smallest absolute Gasteiger partial charge is 0.321 e. The van der Waals surface area contributed by atoms with Gasteiger partial charge in [0, 0.05) is 18.9 Å². The number of hydrogen-bond donors (Lipinski definition) is 0. The molecule has 1 aliphatic heterocycles. The van der Waals surface area contributed by atoms with Gasteiger partial charge in [0.25, 0.3) is 0 Å². The summed E-state index contributed by atoms with van der Waals surface area (Å²) in [5, 5.41) is 0. The van der Waals surface area contributed by atoms with Crippen LogP contribution in [0, 0.1) is 5.92 Å². The number of esters is 1. The Kier molecular flexibility index (Phi) is 5.79. The number of hydrogen-bond acceptors (Lipinski definition) is 5. The van der Waals surface area contributed by atoms with Gasteiger partial charge in [0.1, 0.15) is 0 Å². The normalized spacial score (nSPS) is 18.5. The number of para-hydroxylation sites is 2. The number of imidazole rings is 1. The third kappa shape index (κ3) is 3.44. The molecule has 3 aromatic rings. The molecule has 0 radical (unpaired) electrons. The molecule has 0 spiro atoms. The number of nitrogens with zero attached hydrogens (tertiary/aromatic N) is 4. The van der Waals surface area contributed by atoms with E-state index < -0.39 is 17.9 Å². The second-order valence-corrected chi connectivity index (χ2v) is 7.43. The highest BCUT2D eigenvalue weighted by atomic mass is 16.5. The largest absolute Gasteiger partial charge is 0.465 e. The van der Waals surface area contributed by atoms with Gasteiger partial charge >= 0.3 is 5.97 Å². The van der Waals surface area contributed by atoms with Crippen LogP contribution in [0.2, 0.25) is 0 Å². The fraction of sp³-hybridized carbons (Fsp3) is 0.391. The van der Waals surface area contributed by atoms with Crippen molar-refractivity contribution in [3.05, 3.63) is 54.4 Å². The number of amides is 1. The molecule has 3 heterocycles. The van der Waals surface area contributed by atoms with Gasteiger partial charge in [0.05, 0.1) is 23.7 Å². The number of benzene rings is 1. The monoisotopic (exact) mass is 406 g/mol. The van der Waals surface area contributed by atoms with Gasteiger partial charge in [-0.25, -0.2) is 4.98 Å². The molecule has 156 valence electrons. The standard InChI is InChI=1S/C23H26N4O3/c1-3-5-8-14-26-21(28)19(22(29)30-4-2)20(16-10-9-13-24-15-16)27-18-12-7-6-11-17(18)25-23(26)27/h6-7,9-13,15,19-20H,3-5,8,14H2,1-2H3/t19-,20-/m1/s1. The van der Waals surface area contributed by atoms with Gasteiger partial charge in [-0.15, -0.1) is 0 Å². The summed E-state index contributed by atoms with van der Waals surface area (Å²) in [6, 6.07) is 10.9. The quantitative estimate of drug-likeness (QED) is 0.339. The maximum atomic E-state index is 13.6. The highest BCUT2D eigenvalue weighted by Gasteiger charge is 2.47. The van der Waals surface area contributed by atoms with Crippen LogP contribution in [0.4, 0.5) is 5.95 Å². The first-order chi connectivity index (χ1) is 14.7. The SMILES string of the molecule is CCCCCN1C(=O)[C@H](C(=O)OCC)[C@@H](c2cccnc2)n2c1nc1ccccc12. The number of pyridine rings is 1. The second kappa shape index (κ2) is 8.65. The molecular weight excluding hydrogens is 380 g/mol. The summed E-state index contributed by atoms with van der Waals surface area (Å²) < 4.78 is 7.34. The lowest BCUT2D eigenvalue weighted by atomic mass is 9.90. The van der Waals surface area contributed by atoms with E-state index in [4.69, 9.17) is 9.72 Å². The van der Waals surface area contributed by atoms with Crippen LogP contribution in [-0.2, 0) is 14.3 Å². The maximum absolute atomic E-state index is 13.6. The molecule has 2 aromatic heterocycles. The lowest BCUT2D eigenvalue weighted by molar-refractivity contribution is -0.153. The van der Waals surface area contributed by atoms with Gasteiger partial charge in [-0.1, -0.05) is 38.0 Å². The predicted molar refractivity (Wildman–Crippen MR) is 114 cm³/mol. The van der Waals surface area contributed by atoms with Crippen LogP contribution in [0.1, 0.15) is 44.7 Å². The van der Waals surface area contributed by atoms with Crippen LogP contribution in [0.25, 0.3) is 11.0 Å². The minimum atomic E-state index is -0.985. The molecule has 30 heavy (non-hydrogen) atoms. The number of carbonyl (C=O) groups excluding carboxylic acids is 2. The maximum Gasteiger partial charge on any atom is 0.321 e. The Bertz CT molecular complexity index is 1050. The van der Waals surface area contributed by atoms with Crippen LogP contribution in [0.5, 0.6) is 0 Å². The average Bonchev–Trinajstić information content (AvgIpc) is 3.14. The van der Waals surface area contributed by atoms with Crippen molar-refractivity contribution in [2.45, 2.75) is 39.2 Å². The van der Waals surface area contributed by atoms with Crippen molar-refractivity contribution >= 4 is 28.9 Å². The minimum Gasteiger partial charge on any atom is -0.465 e. The number of unbranched alkanes of at least 4 members (excludes halogenated alkanes) is 2. The number of carbonyl (C=O) groups is 2. The van der Waals surface area contributed by atoms with Crippen LogP contribution < -0.4 is 4.90 Å². The van der Waals surface area contributed by atoms with Crippen molar-refractivity contribution in [2.75, 3.05) is 18.1 Å². The molecule has 0 aliphatic carbocycles. The van der Waals surface area contributed by atoms with E-state index in [0.29, 0.717) is 12.5 Å². The molecular formula is C23H26N4O3. The van der Waals surface area contributed by atoms with E-state index >= 15 is 0 Å². The summed E-state index contributed by atoms with van der Waals surface area (Å²) in [5.41, 5.74) is 2.45. The lowest BCUT2D eigenvalue weighted by Gasteiger charge is -2.37. The summed E-state index contributed by atoms with van der Waals surface area (Å²) in [6.07, 6.45) is 6.27. The van der Waals surface area contributed by atoms with Crippen LogP contribution >= 0.6 is 0 Å². The molecule has 0 N–H and O–H groups in total. The van der Waals surface area contributed by atoms with Gasteiger partial charge in [0.2, 0.25) is 11.9 Å².